The topological polar surface area (TPSA) is 55.9 Å². The molecule has 6 nitrogen and oxygen atoms in total. The Labute approximate surface area is 162 Å². The first kappa shape index (κ1) is 19.7. The second-order valence-corrected chi connectivity index (χ2v) is 8.05. The van der Waals surface area contributed by atoms with E-state index < -0.39 is 0 Å². The molecule has 1 aliphatic heterocycles. The molecule has 2 atom stereocenters. The fourth-order valence-corrected chi connectivity index (χ4v) is 3.74. The Morgan fingerprint density at radius 1 is 1.15 bits per heavy atom. The number of anilines is 1. The van der Waals surface area contributed by atoms with Crippen LogP contribution in [-0.2, 0) is 9.59 Å². The van der Waals surface area contributed by atoms with Gasteiger partial charge >= 0.3 is 0 Å². The van der Waals surface area contributed by atoms with Gasteiger partial charge in [0.05, 0.1) is 11.8 Å². The zero-order valence-corrected chi connectivity index (χ0v) is 16.8. The zero-order valence-electron chi connectivity index (χ0n) is 16.8. The third-order valence-electron chi connectivity index (χ3n) is 5.48. The summed E-state index contributed by atoms with van der Waals surface area (Å²) in [5.41, 5.74) is 2.48. The molecule has 27 heavy (non-hydrogen) atoms. The Balaban J connectivity index is 1.40. The number of hydrogen-bond acceptors (Lipinski definition) is 4. The lowest BCUT2D eigenvalue weighted by molar-refractivity contribution is -0.135. The summed E-state index contributed by atoms with van der Waals surface area (Å²) >= 11 is 0. The van der Waals surface area contributed by atoms with E-state index in [4.69, 9.17) is 0 Å². The summed E-state index contributed by atoms with van der Waals surface area (Å²) in [7, 11) is 4.05. The third-order valence-corrected chi connectivity index (χ3v) is 5.48. The van der Waals surface area contributed by atoms with Crippen LogP contribution in [0.25, 0.3) is 0 Å². The van der Waals surface area contributed by atoms with Gasteiger partial charge in [0, 0.05) is 38.4 Å². The minimum atomic E-state index is -0.119. The number of nitrogens with one attached hydrogen (secondary N) is 1. The fraction of sp³-hybridized carbons (Fsp3) is 0.619. The van der Waals surface area contributed by atoms with E-state index in [0.717, 1.165) is 39.1 Å². The predicted molar refractivity (Wildman–Crippen MR) is 108 cm³/mol. The van der Waals surface area contributed by atoms with Crippen molar-refractivity contribution in [2.75, 3.05) is 58.3 Å². The summed E-state index contributed by atoms with van der Waals surface area (Å²) in [5, 5.41) is 2.98. The minimum absolute atomic E-state index is 0.0468. The molecule has 2 unspecified atom stereocenters. The second-order valence-electron chi connectivity index (χ2n) is 8.05. The van der Waals surface area contributed by atoms with Crippen molar-refractivity contribution in [2.45, 2.75) is 19.8 Å². The standard InChI is InChI=1S/C21H32N4O2/c1-16-6-4-7-17(14-16)24-10-12-25(13-11-24)21(27)19-15-18(19)20(26)22-8-5-9-23(2)3/h4,6-7,14,18-19H,5,8-13,15H2,1-3H3,(H,22,26). The Hall–Kier alpha value is -2.08. The molecule has 3 rings (SSSR count). The molecule has 2 fully saturated rings. The Bertz CT molecular complexity index is 668. The molecule has 1 aliphatic carbocycles. The van der Waals surface area contributed by atoms with E-state index in [9.17, 15) is 9.59 Å². The second kappa shape index (κ2) is 8.74. The lowest BCUT2D eigenvalue weighted by atomic mass is 10.2. The Morgan fingerprint density at radius 3 is 2.56 bits per heavy atom. The minimum Gasteiger partial charge on any atom is -0.368 e. The highest BCUT2D eigenvalue weighted by Crippen LogP contribution is 2.40. The molecule has 148 valence electrons. The van der Waals surface area contributed by atoms with Crippen molar-refractivity contribution in [3.63, 3.8) is 0 Å². The van der Waals surface area contributed by atoms with Crippen LogP contribution in [0.2, 0.25) is 0 Å². The van der Waals surface area contributed by atoms with E-state index in [1.807, 2.05) is 19.0 Å². The van der Waals surface area contributed by atoms with Gasteiger partial charge in [0.25, 0.3) is 0 Å². The van der Waals surface area contributed by atoms with Crippen molar-refractivity contribution < 1.29 is 9.59 Å². The molecule has 1 aromatic carbocycles. The van der Waals surface area contributed by atoms with Gasteiger partial charge in [-0.2, -0.15) is 0 Å². The van der Waals surface area contributed by atoms with E-state index in [-0.39, 0.29) is 23.7 Å². The Morgan fingerprint density at radius 2 is 1.89 bits per heavy atom. The van der Waals surface area contributed by atoms with Gasteiger partial charge in [-0.1, -0.05) is 12.1 Å². The van der Waals surface area contributed by atoms with Crippen LogP contribution in [0.5, 0.6) is 0 Å². The molecule has 1 saturated heterocycles. The fourth-order valence-electron chi connectivity index (χ4n) is 3.74. The monoisotopic (exact) mass is 372 g/mol. The van der Waals surface area contributed by atoms with E-state index in [0.29, 0.717) is 13.0 Å². The number of aryl methyl sites for hydroxylation is 1. The first-order chi connectivity index (χ1) is 13.0. The first-order valence-electron chi connectivity index (χ1n) is 9.98. The van der Waals surface area contributed by atoms with Crippen LogP contribution >= 0.6 is 0 Å². The molecule has 0 spiro atoms. The number of carbonyl (C=O) groups excluding carboxylic acids is 2. The molecule has 1 aromatic rings. The summed E-state index contributed by atoms with van der Waals surface area (Å²) in [4.78, 5) is 31.3. The van der Waals surface area contributed by atoms with Crippen LogP contribution in [-0.4, -0.2) is 75.0 Å². The summed E-state index contributed by atoms with van der Waals surface area (Å²) in [6.45, 7) is 6.91. The molecule has 1 N–H and O–H groups in total. The van der Waals surface area contributed by atoms with Crippen molar-refractivity contribution in [2.24, 2.45) is 11.8 Å². The average Bonchev–Trinajstić information content (AvgIpc) is 3.45. The van der Waals surface area contributed by atoms with E-state index >= 15 is 0 Å². The van der Waals surface area contributed by atoms with Crippen molar-refractivity contribution in [3.05, 3.63) is 29.8 Å². The summed E-state index contributed by atoms with van der Waals surface area (Å²) in [6, 6.07) is 8.49. The maximum absolute atomic E-state index is 12.7. The van der Waals surface area contributed by atoms with Crippen LogP contribution < -0.4 is 10.2 Å². The number of rotatable bonds is 7. The van der Waals surface area contributed by atoms with Gasteiger partial charge in [-0.05, 0) is 58.1 Å². The summed E-state index contributed by atoms with van der Waals surface area (Å²) < 4.78 is 0. The molecule has 0 radical (unpaired) electrons. The maximum atomic E-state index is 12.7. The molecule has 1 saturated carbocycles. The van der Waals surface area contributed by atoms with Crippen LogP contribution in [0.1, 0.15) is 18.4 Å². The highest BCUT2D eigenvalue weighted by Gasteiger charge is 2.49. The lowest BCUT2D eigenvalue weighted by Crippen LogP contribution is -2.49. The van der Waals surface area contributed by atoms with E-state index in [1.165, 1.54) is 11.3 Å². The van der Waals surface area contributed by atoms with Gasteiger partial charge in [-0.15, -0.1) is 0 Å². The van der Waals surface area contributed by atoms with Crippen molar-refractivity contribution in [1.82, 2.24) is 15.1 Å². The van der Waals surface area contributed by atoms with Gasteiger partial charge in [0.2, 0.25) is 11.8 Å². The number of nitrogens with zero attached hydrogens (tertiary/aromatic N) is 3. The van der Waals surface area contributed by atoms with Crippen molar-refractivity contribution in [3.8, 4) is 0 Å². The van der Waals surface area contributed by atoms with Crippen LogP contribution in [0.3, 0.4) is 0 Å². The number of amides is 2. The van der Waals surface area contributed by atoms with Crippen LogP contribution in [0.4, 0.5) is 5.69 Å². The van der Waals surface area contributed by atoms with E-state index in [1.54, 1.807) is 0 Å². The van der Waals surface area contributed by atoms with Crippen LogP contribution in [0, 0.1) is 18.8 Å². The lowest BCUT2D eigenvalue weighted by Gasteiger charge is -2.36. The zero-order chi connectivity index (χ0) is 19.4. The number of piperazine rings is 1. The highest BCUT2D eigenvalue weighted by molar-refractivity contribution is 5.92. The van der Waals surface area contributed by atoms with Crippen molar-refractivity contribution in [1.29, 1.82) is 0 Å². The van der Waals surface area contributed by atoms with Gasteiger partial charge < -0.3 is 20.0 Å². The molecule has 2 aliphatic rings. The van der Waals surface area contributed by atoms with Crippen LogP contribution in [0.15, 0.2) is 24.3 Å². The first-order valence-corrected chi connectivity index (χ1v) is 9.98. The highest BCUT2D eigenvalue weighted by atomic mass is 16.2. The number of benzene rings is 1. The quantitative estimate of drug-likeness (QED) is 0.734. The van der Waals surface area contributed by atoms with Gasteiger partial charge in [-0.25, -0.2) is 0 Å². The number of carbonyl (C=O) groups is 2. The molecule has 6 heteroatoms. The molecule has 2 amide bonds. The molecule has 0 bridgehead atoms. The normalized spacial score (nSPS) is 22.1. The third kappa shape index (κ3) is 5.22. The van der Waals surface area contributed by atoms with Gasteiger partial charge in [0.1, 0.15) is 0 Å². The summed E-state index contributed by atoms with van der Waals surface area (Å²) in [5.74, 6) is -0.0196. The van der Waals surface area contributed by atoms with Gasteiger partial charge in [0.15, 0.2) is 0 Å². The molecular weight excluding hydrogens is 340 g/mol. The maximum Gasteiger partial charge on any atom is 0.226 e. The molecule has 1 heterocycles. The predicted octanol–water partition coefficient (Wildman–Crippen LogP) is 1.35. The van der Waals surface area contributed by atoms with Gasteiger partial charge in [-0.3, -0.25) is 9.59 Å². The smallest absolute Gasteiger partial charge is 0.226 e. The largest absolute Gasteiger partial charge is 0.368 e. The number of hydrogen-bond donors (Lipinski definition) is 1. The average molecular weight is 373 g/mol. The Kier molecular flexibility index (Phi) is 6.37. The molecular formula is C21H32N4O2. The van der Waals surface area contributed by atoms with E-state index in [2.05, 4.69) is 46.3 Å². The summed E-state index contributed by atoms with van der Waals surface area (Å²) in [6.07, 6.45) is 1.64. The SMILES string of the molecule is Cc1cccc(N2CCN(C(=O)C3CC3C(=O)NCCCN(C)C)CC2)c1. The molecule has 0 aromatic heterocycles. The van der Waals surface area contributed by atoms with Crippen molar-refractivity contribution >= 4 is 17.5 Å².